The zero-order valence-corrected chi connectivity index (χ0v) is 17.9. The number of carbonyl (C=O) groups is 2. The number of benzene rings is 1. The third-order valence-corrected chi connectivity index (χ3v) is 5.98. The van der Waals surface area contributed by atoms with E-state index in [1.807, 2.05) is 24.8 Å². The van der Waals surface area contributed by atoms with E-state index in [4.69, 9.17) is 0 Å². The second-order valence-electron chi connectivity index (χ2n) is 8.85. The molecule has 2 aliphatic heterocycles. The van der Waals surface area contributed by atoms with Crippen molar-refractivity contribution in [1.82, 2.24) is 20.4 Å². The number of hydrogen-bond acceptors (Lipinski definition) is 3. The van der Waals surface area contributed by atoms with Gasteiger partial charge >= 0.3 is 6.03 Å². The molecule has 2 fully saturated rings. The summed E-state index contributed by atoms with van der Waals surface area (Å²) in [4.78, 5) is 28.8. The Hall–Kier alpha value is -2.08. The fourth-order valence-electron chi connectivity index (χ4n) is 4.33. The van der Waals surface area contributed by atoms with Crippen LogP contribution < -0.4 is 10.6 Å². The van der Waals surface area contributed by atoms with Crippen LogP contribution in [0.25, 0.3) is 0 Å². The summed E-state index contributed by atoms with van der Waals surface area (Å²) < 4.78 is 0. The maximum Gasteiger partial charge on any atom is 0.317 e. The molecule has 6 heteroatoms. The molecule has 0 bridgehead atoms. The number of amides is 3. The SMILES string of the molecule is CC(C)NC(=O)N1CCC(CCC(=O)NC2CCN(Cc3ccccc3)C2)CC1. The Morgan fingerprint density at radius 2 is 1.79 bits per heavy atom. The maximum absolute atomic E-state index is 12.4. The van der Waals surface area contributed by atoms with Gasteiger partial charge in [0.1, 0.15) is 0 Å². The van der Waals surface area contributed by atoms with Gasteiger partial charge in [0, 0.05) is 51.2 Å². The fraction of sp³-hybridized carbons (Fsp3) is 0.652. The summed E-state index contributed by atoms with van der Waals surface area (Å²) in [7, 11) is 0. The summed E-state index contributed by atoms with van der Waals surface area (Å²) >= 11 is 0. The third-order valence-electron chi connectivity index (χ3n) is 5.98. The summed E-state index contributed by atoms with van der Waals surface area (Å²) in [6, 6.07) is 11.0. The summed E-state index contributed by atoms with van der Waals surface area (Å²) in [6.45, 7) is 8.48. The fourth-order valence-corrected chi connectivity index (χ4v) is 4.33. The maximum atomic E-state index is 12.4. The van der Waals surface area contributed by atoms with E-state index < -0.39 is 0 Å². The zero-order chi connectivity index (χ0) is 20.6. The van der Waals surface area contributed by atoms with E-state index in [0.29, 0.717) is 12.3 Å². The van der Waals surface area contributed by atoms with Gasteiger partial charge < -0.3 is 15.5 Å². The van der Waals surface area contributed by atoms with Crippen LogP contribution in [0.4, 0.5) is 4.79 Å². The van der Waals surface area contributed by atoms with Crippen LogP contribution in [0.3, 0.4) is 0 Å². The molecule has 160 valence electrons. The number of urea groups is 1. The molecule has 1 aromatic rings. The first-order chi connectivity index (χ1) is 14.0. The Balaban J connectivity index is 1.30. The molecule has 1 atom stereocenters. The topological polar surface area (TPSA) is 64.7 Å². The highest BCUT2D eigenvalue weighted by atomic mass is 16.2. The van der Waals surface area contributed by atoms with E-state index in [9.17, 15) is 9.59 Å². The van der Waals surface area contributed by atoms with Crippen molar-refractivity contribution in [1.29, 1.82) is 0 Å². The molecule has 2 N–H and O–H groups in total. The van der Waals surface area contributed by atoms with E-state index in [0.717, 1.165) is 58.4 Å². The summed E-state index contributed by atoms with van der Waals surface area (Å²) in [5.41, 5.74) is 1.33. The van der Waals surface area contributed by atoms with Crippen LogP contribution in [0, 0.1) is 5.92 Å². The van der Waals surface area contributed by atoms with Crippen molar-refractivity contribution in [2.24, 2.45) is 5.92 Å². The van der Waals surface area contributed by atoms with Gasteiger partial charge in [-0.2, -0.15) is 0 Å². The zero-order valence-electron chi connectivity index (χ0n) is 17.9. The molecule has 1 unspecified atom stereocenters. The molecule has 0 radical (unpaired) electrons. The van der Waals surface area contributed by atoms with Crippen molar-refractivity contribution in [3.8, 4) is 0 Å². The third kappa shape index (κ3) is 7.03. The molecule has 1 aromatic carbocycles. The van der Waals surface area contributed by atoms with Crippen molar-refractivity contribution in [3.05, 3.63) is 35.9 Å². The van der Waals surface area contributed by atoms with Crippen molar-refractivity contribution < 1.29 is 9.59 Å². The number of nitrogens with one attached hydrogen (secondary N) is 2. The minimum atomic E-state index is 0.0393. The van der Waals surface area contributed by atoms with Crippen molar-refractivity contribution >= 4 is 11.9 Å². The van der Waals surface area contributed by atoms with Crippen LogP contribution in [-0.4, -0.2) is 60.0 Å². The van der Waals surface area contributed by atoms with E-state index in [-0.39, 0.29) is 24.0 Å². The van der Waals surface area contributed by atoms with E-state index >= 15 is 0 Å². The highest BCUT2D eigenvalue weighted by Gasteiger charge is 2.26. The Morgan fingerprint density at radius 1 is 1.07 bits per heavy atom. The monoisotopic (exact) mass is 400 g/mol. The predicted octanol–water partition coefficient (Wildman–Crippen LogP) is 2.99. The van der Waals surface area contributed by atoms with Crippen LogP contribution in [0.15, 0.2) is 30.3 Å². The lowest BCUT2D eigenvalue weighted by atomic mass is 9.92. The first-order valence-corrected chi connectivity index (χ1v) is 11.1. The van der Waals surface area contributed by atoms with Gasteiger partial charge in [-0.15, -0.1) is 0 Å². The minimum absolute atomic E-state index is 0.0393. The van der Waals surface area contributed by atoms with E-state index in [1.165, 1.54) is 5.56 Å². The number of carbonyl (C=O) groups excluding carboxylic acids is 2. The van der Waals surface area contributed by atoms with Crippen LogP contribution in [0.5, 0.6) is 0 Å². The molecule has 29 heavy (non-hydrogen) atoms. The lowest BCUT2D eigenvalue weighted by molar-refractivity contribution is -0.122. The highest BCUT2D eigenvalue weighted by molar-refractivity contribution is 5.76. The molecule has 2 saturated heterocycles. The van der Waals surface area contributed by atoms with Gasteiger partial charge in [-0.05, 0) is 51.0 Å². The molecule has 0 aliphatic carbocycles. The van der Waals surface area contributed by atoms with Gasteiger partial charge in [-0.25, -0.2) is 4.79 Å². The molecule has 3 amide bonds. The van der Waals surface area contributed by atoms with E-state index in [1.54, 1.807) is 0 Å². The standard InChI is InChI=1S/C23H36N4O2/c1-18(2)24-23(29)27-14-10-19(11-15-27)8-9-22(28)25-21-12-13-26(17-21)16-20-6-4-3-5-7-20/h3-7,18-19,21H,8-17H2,1-2H3,(H,24,29)(H,25,28). The molecular weight excluding hydrogens is 364 g/mol. The van der Waals surface area contributed by atoms with Gasteiger partial charge in [0.2, 0.25) is 5.91 Å². The molecule has 0 aromatic heterocycles. The summed E-state index contributed by atoms with van der Waals surface area (Å²) in [6.07, 6.45) is 4.53. The molecule has 6 nitrogen and oxygen atoms in total. The summed E-state index contributed by atoms with van der Waals surface area (Å²) in [5, 5.41) is 6.18. The van der Waals surface area contributed by atoms with Crippen LogP contribution in [-0.2, 0) is 11.3 Å². The number of rotatable bonds is 7. The highest BCUT2D eigenvalue weighted by Crippen LogP contribution is 2.22. The first-order valence-electron chi connectivity index (χ1n) is 11.1. The van der Waals surface area contributed by atoms with Crippen LogP contribution in [0.2, 0.25) is 0 Å². The molecule has 0 spiro atoms. The second kappa shape index (κ2) is 10.6. The minimum Gasteiger partial charge on any atom is -0.352 e. The van der Waals surface area contributed by atoms with Gasteiger partial charge in [-0.3, -0.25) is 9.69 Å². The molecular formula is C23H36N4O2. The molecule has 2 aliphatic rings. The lowest BCUT2D eigenvalue weighted by Crippen LogP contribution is -2.46. The van der Waals surface area contributed by atoms with Gasteiger partial charge in [0.25, 0.3) is 0 Å². The predicted molar refractivity (Wildman–Crippen MR) is 115 cm³/mol. The number of nitrogens with zero attached hydrogens (tertiary/aromatic N) is 2. The van der Waals surface area contributed by atoms with Crippen LogP contribution >= 0.6 is 0 Å². The average Bonchev–Trinajstić information content (AvgIpc) is 3.13. The Kier molecular flexibility index (Phi) is 7.92. The average molecular weight is 401 g/mol. The summed E-state index contributed by atoms with van der Waals surface area (Å²) in [5.74, 6) is 0.721. The second-order valence-corrected chi connectivity index (χ2v) is 8.85. The lowest BCUT2D eigenvalue weighted by Gasteiger charge is -2.32. The first kappa shape index (κ1) is 21.6. The van der Waals surface area contributed by atoms with Crippen molar-refractivity contribution in [2.75, 3.05) is 26.2 Å². The van der Waals surface area contributed by atoms with E-state index in [2.05, 4.69) is 39.8 Å². The number of likely N-dealkylation sites (tertiary alicyclic amines) is 2. The normalized spacial score (nSPS) is 20.8. The Morgan fingerprint density at radius 3 is 2.48 bits per heavy atom. The number of hydrogen-bond donors (Lipinski definition) is 2. The Bertz CT molecular complexity index is 656. The molecule has 0 saturated carbocycles. The van der Waals surface area contributed by atoms with Gasteiger partial charge in [0.05, 0.1) is 0 Å². The Labute approximate surface area is 175 Å². The van der Waals surface area contributed by atoms with Gasteiger partial charge in [0.15, 0.2) is 0 Å². The molecule has 2 heterocycles. The van der Waals surface area contributed by atoms with Crippen molar-refractivity contribution in [3.63, 3.8) is 0 Å². The smallest absolute Gasteiger partial charge is 0.317 e. The van der Waals surface area contributed by atoms with Gasteiger partial charge in [-0.1, -0.05) is 30.3 Å². The van der Waals surface area contributed by atoms with Crippen LogP contribution in [0.1, 0.15) is 51.5 Å². The molecule has 3 rings (SSSR count). The largest absolute Gasteiger partial charge is 0.352 e. The number of piperidine rings is 1. The van der Waals surface area contributed by atoms with Crippen molar-refractivity contribution in [2.45, 2.75) is 64.6 Å². The quantitative estimate of drug-likeness (QED) is 0.740.